The van der Waals surface area contributed by atoms with Gasteiger partial charge in [-0.15, -0.1) is 0 Å². The first-order valence-corrected chi connectivity index (χ1v) is 14.7. The highest BCUT2D eigenvalue weighted by Crippen LogP contribution is 2.55. The van der Waals surface area contributed by atoms with Crippen LogP contribution in [0.1, 0.15) is 70.9 Å². The van der Waals surface area contributed by atoms with Crippen LogP contribution in [-0.4, -0.2) is 62.9 Å². The highest BCUT2D eigenvalue weighted by Gasteiger charge is 2.49. The molecule has 3 aliphatic rings. The lowest BCUT2D eigenvalue weighted by atomic mass is 9.81. The Morgan fingerprint density at radius 1 is 1.07 bits per heavy atom. The van der Waals surface area contributed by atoms with Crippen LogP contribution in [0.2, 0.25) is 0 Å². The number of fused-ring (bicyclic) bond motifs is 2. The molecular weight excluding hydrogens is 518 g/mol. The van der Waals surface area contributed by atoms with Crippen molar-refractivity contribution in [1.82, 2.24) is 24.6 Å². The van der Waals surface area contributed by atoms with Gasteiger partial charge in [0, 0.05) is 66.6 Å². The highest BCUT2D eigenvalue weighted by atomic mass is 16.7. The van der Waals surface area contributed by atoms with Crippen molar-refractivity contribution >= 4 is 5.91 Å². The molecule has 0 unspecified atom stereocenters. The maximum Gasteiger partial charge on any atom is 0.254 e. The van der Waals surface area contributed by atoms with E-state index in [9.17, 15) is 9.59 Å². The Kier molecular flexibility index (Phi) is 6.76. The number of aryl methyl sites for hydroxylation is 3. The molecular formula is C32H41N5O4. The molecule has 6 rings (SSSR count). The summed E-state index contributed by atoms with van der Waals surface area (Å²) in [6.07, 6.45) is 8.70. The molecule has 9 nitrogen and oxygen atoms in total. The third-order valence-corrected chi connectivity index (χ3v) is 9.50. The van der Waals surface area contributed by atoms with Gasteiger partial charge in [0.1, 0.15) is 0 Å². The molecule has 3 aromatic rings. The van der Waals surface area contributed by atoms with Crippen molar-refractivity contribution in [3.05, 3.63) is 62.3 Å². The van der Waals surface area contributed by atoms with Crippen LogP contribution in [0.25, 0.3) is 11.1 Å². The zero-order chi connectivity index (χ0) is 29.2. The number of hydrogen-bond acceptors (Lipinski definition) is 6. The standard InChI is InChI=1S/C32H41N5O4/c1-18-14-19(2)34-30(38)25(18)17-37-13-12-24-26(31(37)39)20(3)28-29(27(24)21-15-33-36(7)16-21)41-32(4,40-28)22-8-10-23(11-9-22)35(5)6/h14-16,22-23H,8-13,17H2,1-7H3,(H,34,38)/t22?,23?,32-/m1/s1. The number of nitrogens with one attached hydrogen (secondary N) is 1. The topological polar surface area (TPSA) is 92.7 Å². The largest absolute Gasteiger partial charge is 0.448 e. The van der Waals surface area contributed by atoms with Crippen molar-refractivity contribution < 1.29 is 14.3 Å². The van der Waals surface area contributed by atoms with Gasteiger partial charge < -0.3 is 24.3 Å². The van der Waals surface area contributed by atoms with Crippen molar-refractivity contribution in [3.8, 4) is 22.6 Å². The first-order chi connectivity index (χ1) is 19.5. The van der Waals surface area contributed by atoms with E-state index in [0.29, 0.717) is 35.9 Å². The number of carbonyl (C=O) groups is 1. The predicted octanol–water partition coefficient (Wildman–Crippen LogP) is 4.51. The van der Waals surface area contributed by atoms with E-state index >= 15 is 0 Å². The molecule has 1 amide bonds. The second kappa shape index (κ2) is 10.0. The molecule has 1 aliphatic carbocycles. The van der Waals surface area contributed by atoms with Crippen LogP contribution in [0.3, 0.4) is 0 Å². The summed E-state index contributed by atoms with van der Waals surface area (Å²) in [5.41, 5.74) is 6.43. The molecule has 0 saturated heterocycles. The van der Waals surface area contributed by atoms with Gasteiger partial charge >= 0.3 is 0 Å². The van der Waals surface area contributed by atoms with Crippen LogP contribution in [0, 0.1) is 26.7 Å². The number of ether oxygens (including phenoxy) is 2. The molecule has 0 bridgehead atoms. The lowest BCUT2D eigenvalue weighted by Crippen LogP contribution is -2.46. The Balaban J connectivity index is 1.40. The van der Waals surface area contributed by atoms with Crippen LogP contribution >= 0.6 is 0 Å². The molecule has 0 radical (unpaired) electrons. The third-order valence-electron chi connectivity index (χ3n) is 9.50. The maximum absolute atomic E-state index is 14.2. The average Bonchev–Trinajstić information content (AvgIpc) is 3.51. The van der Waals surface area contributed by atoms with Crippen LogP contribution in [0.5, 0.6) is 11.5 Å². The van der Waals surface area contributed by atoms with Crippen molar-refractivity contribution in [2.24, 2.45) is 13.0 Å². The average molecular weight is 560 g/mol. The second-order valence-corrected chi connectivity index (χ2v) is 12.5. The molecule has 4 heterocycles. The molecule has 9 heteroatoms. The number of amides is 1. The van der Waals surface area contributed by atoms with E-state index in [2.05, 4.69) is 36.0 Å². The van der Waals surface area contributed by atoms with E-state index in [0.717, 1.165) is 64.9 Å². The number of aromatic amines is 1. The summed E-state index contributed by atoms with van der Waals surface area (Å²) in [5, 5.41) is 4.44. The third kappa shape index (κ3) is 4.64. The van der Waals surface area contributed by atoms with Crippen LogP contribution in [-0.2, 0) is 20.0 Å². The van der Waals surface area contributed by atoms with E-state index in [1.54, 1.807) is 9.58 Å². The van der Waals surface area contributed by atoms with E-state index in [4.69, 9.17) is 9.47 Å². The minimum Gasteiger partial charge on any atom is -0.448 e. The number of H-pyrrole nitrogens is 1. The van der Waals surface area contributed by atoms with Gasteiger partial charge in [-0.25, -0.2) is 0 Å². The fraction of sp³-hybridized carbons (Fsp3) is 0.531. The van der Waals surface area contributed by atoms with E-state index in [-0.39, 0.29) is 23.9 Å². The van der Waals surface area contributed by atoms with Crippen molar-refractivity contribution in [1.29, 1.82) is 0 Å². The molecule has 1 atom stereocenters. The molecule has 1 aromatic carbocycles. The predicted molar refractivity (Wildman–Crippen MR) is 157 cm³/mol. The fourth-order valence-corrected chi connectivity index (χ4v) is 7.14. The SMILES string of the molecule is Cc1cc(C)c(CN2CCc3c(c(C)c4c(c3-c3cnn(C)c3)O[C@](C)(C3CCC(N(C)C)CC3)O4)C2=O)c(=O)[nH]1. The zero-order valence-electron chi connectivity index (χ0n) is 25.3. The fourth-order valence-electron chi connectivity index (χ4n) is 7.14. The van der Waals surface area contributed by atoms with E-state index in [1.165, 1.54) is 0 Å². The summed E-state index contributed by atoms with van der Waals surface area (Å²) >= 11 is 0. The second-order valence-electron chi connectivity index (χ2n) is 12.5. The van der Waals surface area contributed by atoms with Gasteiger partial charge in [-0.2, -0.15) is 5.10 Å². The van der Waals surface area contributed by atoms with E-state index in [1.807, 2.05) is 46.3 Å². The van der Waals surface area contributed by atoms with Crippen LogP contribution < -0.4 is 15.0 Å². The van der Waals surface area contributed by atoms with Gasteiger partial charge in [0.25, 0.3) is 17.3 Å². The Labute approximate surface area is 241 Å². The van der Waals surface area contributed by atoms with Gasteiger partial charge in [0.05, 0.1) is 18.3 Å². The van der Waals surface area contributed by atoms with Gasteiger partial charge in [-0.05, 0) is 84.2 Å². The van der Waals surface area contributed by atoms with Crippen LogP contribution in [0.15, 0.2) is 23.3 Å². The first-order valence-electron chi connectivity index (χ1n) is 14.7. The number of aromatic nitrogens is 3. The summed E-state index contributed by atoms with van der Waals surface area (Å²) in [7, 11) is 6.19. The first kappa shape index (κ1) is 27.6. The molecule has 2 aliphatic heterocycles. The minimum absolute atomic E-state index is 0.0836. The Morgan fingerprint density at radius 2 is 1.78 bits per heavy atom. The van der Waals surface area contributed by atoms with Crippen LogP contribution in [0.4, 0.5) is 0 Å². The lowest BCUT2D eigenvalue weighted by Gasteiger charge is -2.39. The summed E-state index contributed by atoms with van der Waals surface area (Å²) in [6, 6.07) is 2.53. The Morgan fingerprint density at radius 3 is 2.41 bits per heavy atom. The normalized spacial score (nSPS) is 23.8. The van der Waals surface area contributed by atoms with E-state index < -0.39 is 5.79 Å². The van der Waals surface area contributed by atoms with Gasteiger partial charge in [-0.1, -0.05) is 0 Å². The van der Waals surface area contributed by atoms with Gasteiger partial charge in [-0.3, -0.25) is 14.3 Å². The minimum atomic E-state index is -0.805. The highest BCUT2D eigenvalue weighted by molar-refractivity contribution is 6.02. The molecule has 0 spiro atoms. The van der Waals surface area contributed by atoms with Crippen molar-refractivity contribution in [2.45, 2.75) is 78.2 Å². The molecule has 218 valence electrons. The summed E-state index contributed by atoms with van der Waals surface area (Å²) in [5.74, 6) is 0.728. The quantitative estimate of drug-likeness (QED) is 0.495. The monoisotopic (exact) mass is 559 g/mol. The summed E-state index contributed by atoms with van der Waals surface area (Å²) < 4.78 is 15.4. The molecule has 1 N–H and O–H groups in total. The number of rotatable bonds is 5. The van der Waals surface area contributed by atoms with Gasteiger partial charge in [0.15, 0.2) is 11.5 Å². The lowest BCUT2D eigenvalue weighted by molar-refractivity contribution is -0.123. The number of carbonyl (C=O) groups excluding carboxylic acids is 1. The summed E-state index contributed by atoms with van der Waals surface area (Å²) in [4.78, 5) is 34.0. The maximum atomic E-state index is 14.2. The molecule has 2 aromatic heterocycles. The van der Waals surface area contributed by atoms with Crippen molar-refractivity contribution in [2.75, 3.05) is 20.6 Å². The smallest absolute Gasteiger partial charge is 0.254 e. The number of pyridine rings is 1. The van der Waals surface area contributed by atoms with Crippen molar-refractivity contribution in [3.63, 3.8) is 0 Å². The van der Waals surface area contributed by atoms with Gasteiger partial charge in [0.2, 0.25) is 0 Å². The molecule has 41 heavy (non-hydrogen) atoms. The number of hydrogen-bond donors (Lipinski definition) is 1. The zero-order valence-corrected chi connectivity index (χ0v) is 25.3. The summed E-state index contributed by atoms with van der Waals surface area (Å²) in [6.45, 7) is 8.60. The number of benzene rings is 1. The Hall–Kier alpha value is -3.59. The molecule has 1 fully saturated rings. The number of nitrogens with zero attached hydrogens (tertiary/aromatic N) is 4. The molecule has 1 saturated carbocycles. The Bertz CT molecular complexity index is 1580.